The third-order valence-electron chi connectivity index (χ3n) is 2.62. The molecule has 0 saturated carbocycles. The van der Waals surface area contributed by atoms with E-state index in [0.717, 1.165) is 6.07 Å². The third-order valence-corrected chi connectivity index (χ3v) is 2.95. The van der Waals surface area contributed by atoms with Gasteiger partial charge in [-0.15, -0.1) is 0 Å². The highest BCUT2D eigenvalue weighted by molar-refractivity contribution is 6.33. The number of ether oxygens (including phenoxy) is 1. The van der Waals surface area contributed by atoms with Crippen LogP contribution in [-0.2, 0) is 0 Å². The Labute approximate surface area is 113 Å². The number of rotatable bonds is 3. The largest absolute Gasteiger partial charge is 0.497 e. The first-order valence-electron chi connectivity index (χ1n) is 5.33. The molecule has 2 N–H and O–H groups in total. The molecule has 0 atom stereocenters. The Bertz CT molecular complexity index is 693. The van der Waals surface area contributed by atoms with E-state index in [-0.39, 0.29) is 5.56 Å². The summed E-state index contributed by atoms with van der Waals surface area (Å²) < 4.78 is 5.08. The van der Waals surface area contributed by atoms with Crippen LogP contribution in [0.2, 0.25) is 5.02 Å². The van der Waals surface area contributed by atoms with Crippen LogP contribution in [0.4, 0.5) is 0 Å². The third kappa shape index (κ3) is 2.61. The van der Waals surface area contributed by atoms with E-state index < -0.39 is 11.5 Å². The van der Waals surface area contributed by atoms with Crippen molar-refractivity contribution in [3.63, 3.8) is 0 Å². The second kappa shape index (κ2) is 5.16. The van der Waals surface area contributed by atoms with Gasteiger partial charge in [-0.2, -0.15) is 0 Å². The van der Waals surface area contributed by atoms with Crippen LogP contribution in [0.5, 0.6) is 5.75 Å². The molecule has 2 rings (SSSR count). The molecule has 1 aromatic heterocycles. The quantitative estimate of drug-likeness (QED) is 0.904. The molecule has 0 unspecified atom stereocenters. The van der Waals surface area contributed by atoms with Crippen molar-refractivity contribution in [2.45, 2.75) is 0 Å². The highest BCUT2D eigenvalue weighted by atomic mass is 35.5. The summed E-state index contributed by atoms with van der Waals surface area (Å²) in [6.07, 6.45) is 1.33. The first-order valence-corrected chi connectivity index (χ1v) is 5.70. The number of halogens is 1. The molecule has 0 fully saturated rings. The first kappa shape index (κ1) is 13.2. The van der Waals surface area contributed by atoms with Crippen molar-refractivity contribution >= 4 is 17.6 Å². The summed E-state index contributed by atoms with van der Waals surface area (Å²) in [6.45, 7) is 0. The summed E-state index contributed by atoms with van der Waals surface area (Å²) in [7, 11) is 1.50. The van der Waals surface area contributed by atoms with E-state index in [2.05, 4.69) is 4.98 Å². The van der Waals surface area contributed by atoms with E-state index in [1.165, 1.54) is 13.3 Å². The summed E-state index contributed by atoms with van der Waals surface area (Å²) >= 11 is 6.06. The van der Waals surface area contributed by atoms with Crippen LogP contribution in [0.1, 0.15) is 10.4 Å². The average molecular weight is 280 g/mol. The zero-order valence-electron chi connectivity index (χ0n) is 9.94. The van der Waals surface area contributed by atoms with Crippen LogP contribution in [0.3, 0.4) is 0 Å². The maximum Gasteiger partial charge on any atom is 0.336 e. The molecule has 0 aliphatic heterocycles. The lowest BCUT2D eigenvalue weighted by atomic mass is 10.0. The maximum absolute atomic E-state index is 11.2. The number of nitrogens with one attached hydrogen (secondary N) is 1. The van der Waals surface area contributed by atoms with E-state index in [0.29, 0.717) is 21.9 Å². The van der Waals surface area contributed by atoms with Crippen molar-refractivity contribution in [3.8, 4) is 16.9 Å². The van der Waals surface area contributed by atoms with Crippen LogP contribution >= 0.6 is 11.6 Å². The van der Waals surface area contributed by atoms with Gasteiger partial charge in [0, 0.05) is 28.4 Å². The number of aromatic carboxylic acids is 1. The summed E-state index contributed by atoms with van der Waals surface area (Å²) in [5.74, 6) is -0.651. The second-order valence-corrected chi connectivity index (χ2v) is 4.18. The number of hydrogen-bond acceptors (Lipinski definition) is 3. The number of carboxylic acid groups (broad SMARTS) is 1. The minimum Gasteiger partial charge on any atom is -0.497 e. The minimum atomic E-state index is -1.19. The maximum atomic E-state index is 11.2. The molecule has 0 amide bonds. The van der Waals surface area contributed by atoms with Gasteiger partial charge in [-0.1, -0.05) is 11.6 Å². The van der Waals surface area contributed by atoms with E-state index in [9.17, 15) is 9.59 Å². The predicted octanol–water partition coefficient (Wildman–Crippen LogP) is 2.40. The number of carboxylic acids is 1. The molecule has 98 valence electrons. The molecule has 0 radical (unpaired) electrons. The van der Waals surface area contributed by atoms with E-state index in [1.807, 2.05) is 0 Å². The molecule has 1 heterocycles. The van der Waals surface area contributed by atoms with Crippen molar-refractivity contribution in [3.05, 3.63) is 51.4 Å². The van der Waals surface area contributed by atoms with Gasteiger partial charge in [0.25, 0.3) is 0 Å². The number of methoxy groups -OCH3 is 1. The fourth-order valence-corrected chi connectivity index (χ4v) is 1.93. The summed E-state index contributed by atoms with van der Waals surface area (Å²) in [5, 5.41) is 9.51. The van der Waals surface area contributed by atoms with Gasteiger partial charge in [0.15, 0.2) is 0 Å². The standard InChI is InChI=1S/C13H10ClNO4/c1-19-7-2-3-11(14)8(4-7)10-6-15-12(16)5-9(10)13(17)18/h2-6H,1H3,(H,15,16)(H,17,18). The summed E-state index contributed by atoms with van der Waals surface area (Å²) in [4.78, 5) is 24.8. The molecule has 5 nitrogen and oxygen atoms in total. The molecule has 2 aromatic rings. The molecule has 19 heavy (non-hydrogen) atoms. The Kier molecular flexibility index (Phi) is 3.57. The highest BCUT2D eigenvalue weighted by Crippen LogP contribution is 2.32. The van der Waals surface area contributed by atoms with Gasteiger partial charge in [-0.25, -0.2) is 4.79 Å². The molecular formula is C13H10ClNO4. The van der Waals surface area contributed by atoms with Crippen molar-refractivity contribution in [2.24, 2.45) is 0 Å². The fourth-order valence-electron chi connectivity index (χ4n) is 1.71. The van der Waals surface area contributed by atoms with Gasteiger partial charge in [-0.05, 0) is 18.2 Å². The minimum absolute atomic E-state index is 0.112. The van der Waals surface area contributed by atoms with Crippen LogP contribution < -0.4 is 10.3 Å². The Morgan fingerprint density at radius 1 is 1.32 bits per heavy atom. The Hall–Kier alpha value is -2.27. The SMILES string of the molecule is COc1ccc(Cl)c(-c2c[nH]c(=O)cc2C(=O)O)c1. The lowest BCUT2D eigenvalue weighted by Crippen LogP contribution is -2.10. The van der Waals surface area contributed by atoms with Crippen LogP contribution in [-0.4, -0.2) is 23.2 Å². The van der Waals surface area contributed by atoms with E-state index >= 15 is 0 Å². The molecule has 6 heteroatoms. The number of pyridine rings is 1. The second-order valence-electron chi connectivity index (χ2n) is 3.78. The molecule has 0 spiro atoms. The summed E-state index contributed by atoms with van der Waals surface area (Å²) in [5.41, 5.74) is 0.213. The predicted molar refractivity (Wildman–Crippen MR) is 71.0 cm³/mol. The zero-order valence-corrected chi connectivity index (χ0v) is 10.7. The molecule has 0 aliphatic carbocycles. The smallest absolute Gasteiger partial charge is 0.336 e. The average Bonchev–Trinajstić information content (AvgIpc) is 2.39. The lowest BCUT2D eigenvalue weighted by molar-refractivity contribution is 0.0697. The number of H-pyrrole nitrogens is 1. The van der Waals surface area contributed by atoms with Gasteiger partial charge >= 0.3 is 5.97 Å². The van der Waals surface area contributed by atoms with Crippen molar-refractivity contribution in [2.75, 3.05) is 7.11 Å². The first-order chi connectivity index (χ1) is 9.02. The fraction of sp³-hybridized carbons (Fsp3) is 0.0769. The number of hydrogen-bond donors (Lipinski definition) is 2. The van der Waals surface area contributed by atoms with Gasteiger partial charge in [0.05, 0.1) is 12.7 Å². The monoisotopic (exact) mass is 279 g/mol. The van der Waals surface area contributed by atoms with Crippen molar-refractivity contribution < 1.29 is 14.6 Å². The number of aromatic nitrogens is 1. The molecule has 0 aliphatic rings. The van der Waals surface area contributed by atoms with Gasteiger partial charge < -0.3 is 14.8 Å². The van der Waals surface area contributed by atoms with Gasteiger partial charge in [0.1, 0.15) is 5.75 Å². The van der Waals surface area contributed by atoms with Crippen molar-refractivity contribution in [1.29, 1.82) is 0 Å². The Morgan fingerprint density at radius 2 is 2.05 bits per heavy atom. The van der Waals surface area contributed by atoms with E-state index in [4.69, 9.17) is 21.4 Å². The molecule has 0 saturated heterocycles. The molecular weight excluding hydrogens is 270 g/mol. The Morgan fingerprint density at radius 3 is 2.68 bits per heavy atom. The highest BCUT2D eigenvalue weighted by Gasteiger charge is 2.15. The zero-order chi connectivity index (χ0) is 14.0. The normalized spacial score (nSPS) is 10.2. The van der Waals surface area contributed by atoms with Gasteiger partial charge in [-0.3, -0.25) is 4.79 Å². The van der Waals surface area contributed by atoms with E-state index in [1.54, 1.807) is 18.2 Å². The Balaban J connectivity index is 2.71. The lowest BCUT2D eigenvalue weighted by Gasteiger charge is -2.09. The number of aromatic amines is 1. The molecule has 0 bridgehead atoms. The molecule has 1 aromatic carbocycles. The summed E-state index contributed by atoms with van der Waals surface area (Å²) in [6, 6.07) is 5.90. The van der Waals surface area contributed by atoms with Crippen LogP contribution in [0.15, 0.2) is 35.3 Å². The van der Waals surface area contributed by atoms with Crippen LogP contribution in [0.25, 0.3) is 11.1 Å². The van der Waals surface area contributed by atoms with Gasteiger partial charge in [0.2, 0.25) is 5.56 Å². The topological polar surface area (TPSA) is 79.4 Å². The van der Waals surface area contributed by atoms with Crippen LogP contribution in [0, 0.1) is 0 Å². The number of benzene rings is 1. The number of carbonyl (C=O) groups is 1. The van der Waals surface area contributed by atoms with Crippen molar-refractivity contribution in [1.82, 2.24) is 4.98 Å².